The third-order valence-corrected chi connectivity index (χ3v) is 1.59. The molecule has 0 amide bonds. The predicted octanol–water partition coefficient (Wildman–Crippen LogP) is 1.75. The van der Waals surface area contributed by atoms with Gasteiger partial charge in [-0.05, 0) is 12.5 Å². The van der Waals surface area contributed by atoms with E-state index >= 15 is 0 Å². The van der Waals surface area contributed by atoms with Gasteiger partial charge >= 0.3 is 6.36 Å². The Bertz CT molecular complexity index is 325. The Balaban J connectivity index is 2.90. The third-order valence-electron chi connectivity index (χ3n) is 1.59. The maximum Gasteiger partial charge on any atom is 0.574 e. The fourth-order valence-corrected chi connectivity index (χ4v) is 0.933. The van der Waals surface area contributed by atoms with Gasteiger partial charge in [-0.2, -0.15) is 0 Å². The van der Waals surface area contributed by atoms with Gasteiger partial charge in [-0.1, -0.05) is 6.07 Å². The van der Waals surface area contributed by atoms with Crippen molar-refractivity contribution in [3.8, 4) is 5.88 Å². The lowest BCUT2D eigenvalue weighted by Crippen LogP contribution is -2.18. The quantitative estimate of drug-likeness (QED) is 0.801. The van der Waals surface area contributed by atoms with E-state index in [1.807, 2.05) is 0 Å². The summed E-state index contributed by atoms with van der Waals surface area (Å²) in [7, 11) is 0. The van der Waals surface area contributed by atoms with Crippen molar-refractivity contribution in [3.63, 3.8) is 0 Å². The second-order valence-corrected chi connectivity index (χ2v) is 2.67. The monoisotopic (exact) mass is 206 g/mol. The van der Waals surface area contributed by atoms with Crippen LogP contribution >= 0.6 is 0 Å². The zero-order valence-corrected chi connectivity index (χ0v) is 7.43. The van der Waals surface area contributed by atoms with Gasteiger partial charge in [0, 0.05) is 12.6 Å². The molecule has 0 saturated carbocycles. The Morgan fingerprint density at radius 2 is 2.07 bits per heavy atom. The predicted molar refractivity (Wildman–Crippen MR) is 43.5 cm³/mol. The molecule has 1 heterocycles. The van der Waals surface area contributed by atoms with Crippen molar-refractivity contribution in [3.05, 3.63) is 23.4 Å². The molecule has 3 nitrogen and oxygen atoms in total. The van der Waals surface area contributed by atoms with Gasteiger partial charge in [0.2, 0.25) is 5.88 Å². The average Bonchev–Trinajstić information content (AvgIpc) is 2.06. The SMILES string of the molecule is Cc1ccc(OC(F)(F)F)nc1CN. The molecule has 0 aromatic carbocycles. The number of nitrogens with zero attached hydrogens (tertiary/aromatic N) is 1. The number of hydrogen-bond acceptors (Lipinski definition) is 3. The number of rotatable bonds is 2. The van der Waals surface area contributed by atoms with Crippen LogP contribution in [0.3, 0.4) is 0 Å². The van der Waals surface area contributed by atoms with Gasteiger partial charge in [-0.15, -0.1) is 13.2 Å². The van der Waals surface area contributed by atoms with Gasteiger partial charge in [0.05, 0.1) is 5.69 Å². The lowest BCUT2D eigenvalue weighted by Gasteiger charge is -2.09. The molecular formula is C8H9F3N2O. The van der Waals surface area contributed by atoms with Crippen LogP contribution in [0, 0.1) is 6.92 Å². The molecule has 78 valence electrons. The first-order valence-corrected chi connectivity index (χ1v) is 3.84. The van der Waals surface area contributed by atoms with Crippen LogP contribution in [0.1, 0.15) is 11.3 Å². The Kier molecular flexibility index (Phi) is 2.95. The summed E-state index contributed by atoms with van der Waals surface area (Å²) in [6.07, 6.45) is -4.71. The van der Waals surface area contributed by atoms with E-state index in [0.717, 1.165) is 11.6 Å². The molecule has 1 aromatic heterocycles. The van der Waals surface area contributed by atoms with Crippen LogP contribution in [0.2, 0.25) is 0 Å². The zero-order valence-electron chi connectivity index (χ0n) is 7.43. The second kappa shape index (κ2) is 3.83. The number of ether oxygens (including phenoxy) is 1. The molecule has 0 atom stereocenters. The van der Waals surface area contributed by atoms with E-state index in [2.05, 4.69) is 9.72 Å². The van der Waals surface area contributed by atoms with Crippen LogP contribution in [0.25, 0.3) is 0 Å². The lowest BCUT2D eigenvalue weighted by molar-refractivity contribution is -0.276. The molecule has 1 aromatic rings. The number of hydrogen-bond donors (Lipinski definition) is 1. The number of alkyl halides is 3. The maximum atomic E-state index is 11.8. The van der Waals surface area contributed by atoms with Crippen molar-refractivity contribution < 1.29 is 17.9 Å². The summed E-state index contributed by atoms with van der Waals surface area (Å²) in [6.45, 7) is 1.80. The van der Waals surface area contributed by atoms with Crippen LogP contribution in [-0.2, 0) is 6.54 Å². The smallest absolute Gasteiger partial charge is 0.388 e. The third kappa shape index (κ3) is 2.88. The van der Waals surface area contributed by atoms with E-state index in [-0.39, 0.29) is 6.54 Å². The Morgan fingerprint density at radius 1 is 1.43 bits per heavy atom. The Labute approximate surface area is 78.7 Å². The fourth-order valence-electron chi connectivity index (χ4n) is 0.933. The number of halogens is 3. The van der Waals surface area contributed by atoms with Gasteiger partial charge < -0.3 is 10.5 Å². The molecule has 0 bridgehead atoms. The van der Waals surface area contributed by atoms with E-state index < -0.39 is 12.2 Å². The number of nitrogens with two attached hydrogens (primary N) is 1. The van der Waals surface area contributed by atoms with Crippen LogP contribution in [-0.4, -0.2) is 11.3 Å². The molecular weight excluding hydrogens is 197 g/mol. The van der Waals surface area contributed by atoms with Crippen LogP contribution < -0.4 is 10.5 Å². The van der Waals surface area contributed by atoms with Gasteiger partial charge in [-0.25, -0.2) is 4.98 Å². The molecule has 14 heavy (non-hydrogen) atoms. The number of aryl methyl sites for hydroxylation is 1. The first-order valence-electron chi connectivity index (χ1n) is 3.84. The van der Waals surface area contributed by atoms with Gasteiger partial charge in [-0.3, -0.25) is 0 Å². The standard InChI is InChI=1S/C8H9F3N2O/c1-5-2-3-7(13-6(5)4-12)14-8(9,10)11/h2-3H,4,12H2,1H3. The van der Waals surface area contributed by atoms with E-state index in [9.17, 15) is 13.2 Å². The summed E-state index contributed by atoms with van der Waals surface area (Å²) < 4.78 is 39.0. The van der Waals surface area contributed by atoms with Crippen LogP contribution in [0.15, 0.2) is 12.1 Å². The Hall–Kier alpha value is -1.30. The summed E-state index contributed by atoms with van der Waals surface area (Å²) in [6, 6.07) is 2.64. The van der Waals surface area contributed by atoms with Crippen molar-refractivity contribution in [1.82, 2.24) is 4.98 Å². The second-order valence-electron chi connectivity index (χ2n) is 2.67. The molecule has 0 aliphatic heterocycles. The van der Waals surface area contributed by atoms with E-state index in [1.165, 1.54) is 6.07 Å². The van der Waals surface area contributed by atoms with Crippen LogP contribution in [0.5, 0.6) is 5.88 Å². The van der Waals surface area contributed by atoms with Crippen molar-refractivity contribution in [1.29, 1.82) is 0 Å². The van der Waals surface area contributed by atoms with Crippen molar-refractivity contribution in [2.75, 3.05) is 0 Å². The highest BCUT2D eigenvalue weighted by molar-refractivity contribution is 5.24. The maximum absolute atomic E-state index is 11.8. The molecule has 0 unspecified atom stereocenters. The minimum atomic E-state index is -4.71. The first-order chi connectivity index (χ1) is 6.42. The van der Waals surface area contributed by atoms with Crippen molar-refractivity contribution in [2.24, 2.45) is 5.73 Å². The van der Waals surface area contributed by atoms with Gasteiger partial charge in [0.1, 0.15) is 0 Å². The summed E-state index contributed by atoms with van der Waals surface area (Å²) in [4.78, 5) is 3.61. The Morgan fingerprint density at radius 3 is 2.57 bits per heavy atom. The summed E-state index contributed by atoms with van der Waals surface area (Å²) in [5, 5.41) is 0. The number of aromatic nitrogens is 1. The highest BCUT2D eigenvalue weighted by atomic mass is 19.4. The number of pyridine rings is 1. The van der Waals surface area contributed by atoms with E-state index in [1.54, 1.807) is 6.92 Å². The molecule has 0 radical (unpaired) electrons. The lowest BCUT2D eigenvalue weighted by atomic mass is 10.2. The molecule has 6 heteroatoms. The molecule has 2 N–H and O–H groups in total. The van der Waals surface area contributed by atoms with Gasteiger partial charge in [0.15, 0.2) is 0 Å². The molecule has 0 fully saturated rings. The molecule has 0 spiro atoms. The zero-order chi connectivity index (χ0) is 10.8. The first kappa shape index (κ1) is 10.8. The summed E-state index contributed by atoms with van der Waals surface area (Å²) in [5.74, 6) is -0.483. The minimum Gasteiger partial charge on any atom is -0.388 e. The molecule has 1 rings (SSSR count). The summed E-state index contributed by atoms with van der Waals surface area (Å²) >= 11 is 0. The van der Waals surface area contributed by atoms with Crippen molar-refractivity contribution in [2.45, 2.75) is 19.8 Å². The largest absolute Gasteiger partial charge is 0.574 e. The van der Waals surface area contributed by atoms with Crippen LogP contribution in [0.4, 0.5) is 13.2 Å². The van der Waals surface area contributed by atoms with Crippen molar-refractivity contribution >= 4 is 0 Å². The fraction of sp³-hybridized carbons (Fsp3) is 0.375. The van der Waals surface area contributed by atoms with E-state index in [0.29, 0.717) is 5.69 Å². The molecule has 0 aliphatic rings. The highest BCUT2D eigenvalue weighted by Crippen LogP contribution is 2.21. The topological polar surface area (TPSA) is 48.1 Å². The normalized spacial score (nSPS) is 11.5. The van der Waals surface area contributed by atoms with Gasteiger partial charge in [0.25, 0.3) is 0 Å². The summed E-state index contributed by atoms with van der Waals surface area (Å²) in [5.41, 5.74) is 6.42. The molecule has 0 saturated heterocycles. The molecule has 0 aliphatic carbocycles. The minimum absolute atomic E-state index is 0.0842. The van der Waals surface area contributed by atoms with E-state index in [4.69, 9.17) is 5.73 Å². The highest BCUT2D eigenvalue weighted by Gasteiger charge is 2.31. The average molecular weight is 206 g/mol.